The fourth-order valence-corrected chi connectivity index (χ4v) is 2.64. The van der Waals surface area contributed by atoms with E-state index in [2.05, 4.69) is 13.0 Å². The van der Waals surface area contributed by atoms with Crippen LogP contribution >= 0.6 is 0 Å². The van der Waals surface area contributed by atoms with Gasteiger partial charge in [-0.1, -0.05) is 90.4 Å². The zero-order valence-corrected chi connectivity index (χ0v) is 14.3. The number of unbranched alkanes of at least 4 members (excludes halogenated alkanes) is 12. The van der Waals surface area contributed by atoms with Gasteiger partial charge in [-0.3, -0.25) is 0 Å². The molecule has 20 heavy (non-hydrogen) atoms. The normalized spacial score (nSPS) is 11.5. The SMILES string of the molecule is CCCCCCCCCCCCCCCC(C)(C)C#N. The second-order valence-corrected chi connectivity index (χ2v) is 6.99. The van der Waals surface area contributed by atoms with E-state index in [0.717, 1.165) is 6.42 Å². The molecule has 0 atom stereocenters. The Balaban J connectivity index is 3.09. The highest BCUT2D eigenvalue weighted by Gasteiger charge is 2.14. The van der Waals surface area contributed by atoms with Gasteiger partial charge in [0.15, 0.2) is 0 Å². The molecule has 0 saturated carbocycles. The molecular formula is C19H37N. The van der Waals surface area contributed by atoms with Crippen molar-refractivity contribution in [2.45, 2.75) is 111 Å². The van der Waals surface area contributed by atoms with Crippen molar-refractivity contribution in [3.8, 4) is 6.07 Å². The Kier molecular flexibility index (Phi) is 13.1. The van der Waals surface area contributed by atoms with Crippen molar-refractivity contribution in [3.63, 3.8) is 0 Å². The lowest BCUT2D eigenvalue weighted by molar-refractivity contribution is 0.418. The van der Waals surface area contributed by atoms with Crippen molar-refractivity contribution < 1.29 is 0 Å². The molecule has 0 spiro atoms. The molecule has 0 N–H and O–H groups in total. The van der Waals surface area contributed by atoms with Gasteiger partial charge in [-0.25, -0.2) is 0 Å². The third-order valence-corrected chi connectivity index (χ3v) is 4.21. The Morgan fingerprint density at radius 2 is 1.00 bits per heavy atom. The molecule has 0 heterocycles. The maximum absolute atomic E-state index is 8.94. The Bertz CT molecular complexity index is 237. The zero-order chi connectivity index (χ0) is 15.1. The molecule has 1 nitrogen and oxygen atoms in total. The van der Waals surface area contributed by atoms with Crippen molar-refractivity contribution in [1.29, 1.82) is 5.26 Å². The van der Waals surface area contributed by atoms with Gasteiger partial charge >= 0.3 is 0 Å². The van der Waals surface area contributed by atoms with Gasteiger partial charge < -0.3 is 0 Å². The van der Waals surface area contributed by atoms with Crippen LogP contribution in [0.3, 0.4) is 0 Å². The van der Waals surface area contributed by atoms with Crippen LogP contribution in [0.2, 0.25) is 0 Å². The molecule has 0 bridgehead atoms. The Morgan fingerprint density at radius 3 is 1.35 bits per heavy atom. The first kappa shape index (κ1) is 19.5. The molecule has 0 aliphatic rings. The van der Waals surface area contributed by atoms with E-state index in [0.29, 0.717) is 0 Å². The van der Waals surface area contributed by atoms with E-state index in [9.17, 15) is 0 Å². The van der Waals surface area contributed by atoms with Gasteiger partial charge in [0.1, 0.15) is 0 Å². The van der Waals surface area contributed by atoms with Crippen molar-refractivity contribution in [3.05, 3.63) is 0 Å². The highest BCUT2D eigenvalue weighted by Crippen LogP contribution is 2.22. The molecule has 0 rings (SSSR count). The first-order valence-electron chi connectivity index (χ1n) is 9.03. The van der Waals surface area contributed by atoms with Gasteiger partial charge in [0.25, 0.3) is 0 Å². The van der Waals surface area contributed by atoms with Crippen LogP contribution in [0, 0.1) is 16.7 Å². The summed E-state index contributed by atoms with van der Waals surface area (Å²) < 4.78 is 0. The van der Waals surface area contributed by atoms with E-state index in [-0.39, 0.29) is 5.41 Å². The van der Waals surface area contributed by atoms with Gasteiger partial charge in [0.2, 0.25) is 0 Å². The van der Waals surface area contributed by atoms with Crippen molar-refractivity contribution in [1.82, 2.24) is 0 Å². The van der Waals surface area contributed by atoms with Crippen LogP contribution in [-0.4, -0.2) is 0 Å². The fourth-order valence-electron chi connectivity index (χ4n) is 2.64. The molecule has 0 radical (unpaired) electrons. The number of nitriles is 1. The monoisotopic (exact) mass is 279 g/mol. The second-order valence-electron chi connectivity index (χ2n) is 6.99. The summed E-state index contributed by atoms with van der Waals surface area (Å²) in [5, 5.41) is 8.94. The Morgan fingerprint density at radius 1 is 0.650 bits per heavy atom. The first-order chi connectivity index (χ1) is 9.62. The molecule has 0 unspecified atom stereocenters. The van der Waals surface area contributed by atoms with E-state index in [1.54, 1.807) is 0 Å². The lowest BCUT2D eigenvalue weighted by Crippen LogP contribution is -2.06. The average Bonchev–Trinajstić information content (AvgIpc) is 2.44. The van der Waals surface area contributed by atoms with Crippen molar-refractivity contribution in [2.24, 2.45) is 5.41 Å². The standard InChI is InChI=1S/C19H37N/c1-4-5-6-7-8-9-10-11-12-13-14-15-16-17-19(2,3)18-20/h4-17H2,1-3H3. The van der Waals surface area contributed by atoms with Crippen LogP contribution in [0.15, 0.2) is 0 Å². The van der Waals surface area contributed by atoms with E-state index in [1.165, 1.54) is 83.5 Å². The summed E-state index contributed by atoms with van der Waals surface area (Å²) in [4.78, 5) is 0. The molecule has 0 aromatic carbocycles. The average molecular weight is 280 g/mol. The molecule has 0 aromatic heterocycles. The maximum atomic E-state index is 8.94. The van der Waals surface area contributed by atoms with E-state index in [4.69, 9.17) is 5.26 Å². The summed E-state index contributed by atoms with van der Waals surface area (Å²) >= 11 is 0. The predicted octanol–water partition coefficient (Wildman–Crippen LogP) is 7.02. The highest BCUT2D eigenvalue weighted by molar-refractivity contribution is 4.91. The molecular weight excluding hydrogens is 242 g/mol. The predicted molar refractivity (Wildman–Crippen MR) is 89.7 cm³/mol. The molecule has 1 heteroatoms. The van der Waals surface area contributed by atoms with Crippen LogP contribution in [0.4, 0.5) is 0 Å². The molecule has 0 aliphatic carbocycles. The van der Waals surface area contributed by atoms with Crippen LogP contribution in [0.25, 0.3) is 0 Å². The van der Waals surface area contributed by atoms with Gasteiger partial charge in [0, 0.05) is 0 Å². The molecule has 0 fully saturated rings. The largest absolute Gasteiger partial charge is 0.198 e. The third-order valence-electron chi connectivity index (χ3n) is 4.21. The molecule has 0 aromatic rings. The number of hydrogen-bond donors (Lipinski definition) is 0. The molecule has 118 valence electrons. The maximum Gasteiger partial charge on any atom is 0.0683 e. The summed E-state index contributed by atoms with van der Waals surface area (Å²) in [6, 6.07) is 2.38. The third kappa shape index (κ3) is 13.9. The lowest BCUT2D eigenvalue weighted by atomic mass is 9.88. The van der Waals surface area contributed by atoms with E-state index >= 15 is 0 Å². The Labute approximate surface area is 128 Å². The summed E-state index contributed by atoms with van der Waals surface area (Å²) in [6.45, 7) is 6.38. The number of hydrogen-bond acceptors (Lipinski definition) is 1. The number of rotatable bonds is 14. The molecule has 0 amide bonds. The molecule has 0 aliphatic heterocycles. The fraction of sp³-hybridized carbons (Fsp3) is 0.947. The first-order valence-corrected chi connectivity index (χ1v) is 9.03. The van der Waals surface area contributed by atoms with Crippen LogP contribution < -0.4 is 0 Å². The summed E-state index contributed by atoms with van der Waals surface area (Å²) in [5.74, 6) is 0. The summed E-state index contributed by atoms with van der Waals surface area (Å²) in [7, 11) is 0. The minimum atomic E-state index is -0.113. The minimum Gasteiger partial charge on any atom is -0.198 e. The van der Waals surface area contributed by atoms with Crippen molar-refractivity contribution in [2.75, 3.05) is 0 Å². The lowest BCUT2D eigenvalue weighted by Gasteiger charge is -2.14. The highest BCUT2D eigenvalue weighted by atomic mass is 14.3. The van der Waals surface area contributed by atoms with Gasteiger partial charge in [-0.05, 0) is 20.3 Å². The van der Waals surface area contributed by atoms with Crippen molar-refractivity contribution >= 4 is 0 Å². The van der Waals surface area contributed by atoms with E-state index in [1.807, 2.05) is 13.8 Å². The van der Waals surface area contributed by atoms with Crippen LogP contribution in [0.5, 0.6) is 0 Å². The van der Waals surface area contributed by atoms with Crippen LogP contribution in [-0.2, 0) is 0 Å². The summed E-state index contributed by atoms with van der Waals surface area (Å²) in [5.41, 5.74) is -0.113. The second kappa shape index (κ2) is 13.5. The minimum absolute atomic E-state index is 0.113. The smallest absolute Gasteiger partial charge is 0.0683 e. The number of nitrogens with zero attached hydrogens (tertiary/aromatic N) is 1. The van der Waals surface area contributed by atoms with Crippen LogP contribution in [0.1, 0.15) is 111 Å². The van der Waals surface area contributed by atoms with Gasteiger partial charge in [0.05, 0.1) is 11.5 Å². The Hall–Kier alpha value is -0.510. The quantitative estimate of drug-likeness (QED) is 0.313. The summed E-state index contributed by atoms with van der Waals surface area (Å²) in [6.07, 6.45) is 19.2. The van der Waals surface area contributed by atoms with Gasteiger partial charge in [-0.2, -0.15) is 5.26 Å². The van der Waals surface area contributed by atoms with E-state index < -0.39 is 0 Å². The topological polar surface area (TPSA) is 23.8 Å². The molecule has 0 saturated heterocycles. The van der Waals surface area contributed by atoms with Gasteiger partial charge in [-0.15, -0.1) is 0 Å². The zero-order valence-electron chi connectivity index (χ0n) is 14.3.